The summed E-state index contributed by atoms with van der Waals surface area (Å²) in [4.78, 5) is 11.3. The largest absolute Gasteiger partial charge is 0.454 e. The molecule has 2 aliphatic rings. The number of rotatable bonds is 0. The van der Waals surface area contributed by atoms with Gasteiger partial charge in [0.05, 0.1) is 0 Å². The molecule has 0 saturated heterocycles. The molecule has 2 rings (SSSR count). The number of hydrogen-bond acceptors (Lipinski definition) is 3. The molecule has 0 radical (unpaired) electrons. The van der Waals surface area contributed by atoms with Gasteiger partial charge in [0.2, 0.25) is 11.6 Å². The molecule has 1 saturated carbocycles. The first-order valence-corrected chi connectivity index (χ1v) is 4.76. The molecule has 0 N–H and O–H groups in total. The average Bonchev–Trinajstić information content (AvgIpc) is 2.50. The smallest absolute Gasteiger partial charge is 0.243 e. The van der Waals surface area contributed by atoms with Gasteiger partial charge in [-0.15, -0.1) is 5.10 Å². The van der Waals surface area contributed by atoms with Gasteiger partial charge in [-0.25, -0.2) is 0 Å². The van der Waals surface area contributed by atoms with Crippen LogP contribution in [0.25, 0.3) is 0 Å². The molecule has 13 heavy (non-hydrogen) atoms. The third kappa shape index (κ3) is 1.30. The van der Waals surface area contributed by atoms with Crippen LogP contribution in [-0.2, 0) is 9.53 Å². The first-order chi connectivity index (χ1) is 6.25. The van der Waals surface area contributed by atoms with Gasteiger partial charge < -0.3 is 4.74 Å². The Balaban J connectivity index is 2.16. The maximum atomic E-state index is 11.3. The third-order valence-corrected chi connectivity index (χ3v) is 2.75. The van der Waals surface area contributed by atoms with Crippen molar-refractivity contribution in [3.8, 4) is 0 Å². The van der Waals surface area contributed by atoms with Gasteiger partial charge in [0.15, 0.2) is 6.40 Å². The highest BCUT2D eigenvalue weighted by Gasteiger charge is 2.44. The molecule has 0 atom stereocenters. The molecule has 0 aromatic carbocycles. The molecule has 4 nitrogen and oxygen atoms in total. The number of carbonyl (C=O) groups excluding carboxylic acids is 1. The summed E-state index contributed by atoms with van der Waals surface area (Å²) in [6.45, 7) is 1.53. The van der Waals surface area contributed by atoms with Crippen LogP contribution in [0.3, 0.4) is 0 Å². The summed E-state index contributed by atoms with van der Waals surface area (Å²) in [5.74, 6) is -0.0318. The van der Waals surface area contributed by atoms with E-state index < -0.39 is 5.72 Å². The number of hydrogen-bond donors (Lipinski definition) is 0. The zero-order chi connectivity index (χ0) is 9.31. The van der Waals surface area contributed by atoms with Crippen LogP contribution in [0.5, 0.6) is 0 Å². The van der Waals surface area contributed by atoms with Crippen LogP contribution in [0.15, 0.2) is 5.10 Å². The Morgan fingerprint density at radius 3 is 2.77 bits per heavy atom. The molecule has 1 aliphatic carbocycles. The summed E-state index contributed by atoms with van der Waals surface area (Å²) in [7, 11) is 0. The minimum absolute atomic E-state index is 0.0318. The lowest BCUT2D eigenvalue weighted by Gasteiger charge is -2.36. The van der Waals surface area contributed by atoms with E-state index in [4.69, 9.17) is 4.74 Å². The fraction of sp³-hybridized carbons (Fsp3) is 0.778. The molecule has 0 bridgehead atoms. The number of nitrogens with zero attached hydrogens (tertiary/aromatic N) is 2. The van der Waals surface area contributed by atoms with E-state index in [0.29, 0.717) is 0 Å². The van der Waals surface area contributed by atoms with Crippen LogP contribution in [0, 0.1) is 0 Å². The summed E-state index contributed by atoms with van der Waals surface area (Å²) in [5.41, 5.74) is -0.427. The Morgan fingerprint density at radius 2 is 2.15 bits per heavy atom. The summed E-state index contributed by atoms with van der Waals surface area (Å²) >= 11 is 0. The predicted molar refractivity (Wildman–Crippen MR) is 47.9 cm³/mol. The van der Waals surface area contributed by atoms with Crippen molar-refractivity contribution in [2.24, 2.45) is 5.10 Å². The second kappa shape index (κ2) is 3.01. The summed E-state index contributed by atoms with van der Waals surface area (Å²) in [5, 5.41) is 5.44. The SMILES string of the molecule is CC(=O)N1N=COC12CCCCC2. The van der Waals surface area contributed by atoms with E-state index in [2.05, 4.69) is 5.10 Å². The lowest BCUT2D eigenvalue weighted by molar-refractivity contribution is -0.151. The van der Waals surface area contributed by atoms with Crippen molar-refractivity contribution in [2.45, 2.75) is 44.8 Å². The molecule has 1 heterocycles. The third-order valence-electron chi connectivity index (χ3n) is 2.75. The Bertz CT molecular complexity index is 244. The number of ether oxygens (including phenoxy) is 1. The normalized spacial score (nSPS) is 24.8. The number of hydrazone groups is 1. The minimum atomic E-state index is -0.427. The molecule has 72 valence electrons. The van der Waals surface area contributed by atoms with Gasteiger partial charge >= 0.3 is 0 Å². The monoisotopic (exact) mass is 182 g/mol. The molecule has 1 spiro atoms. The fourth-order valence-corrected chi connectivity index (χ4v) is 2.13. The Kier molecular flexibility index (Phi) is 1.98. The second-order valence-electron chi connectivity index (χ2n) is 3.68. The van der Waals surface area contributed by atoms with Crippen molar-refractivity contribution in [1.82, 2.24) is 5.01 Å². The van der Waals surface area contributed by atoms with Gasteiger partial charge in [-0.2, -0.15) is 5.01 Å². The zero-order valence-corrected chi connectivity index (χ0v) is 7.82. The topological polar surface area (TPSA) is 41.9 Å². The van der Waals surface area contributed by atoms with Crippen LogP contribution in [-0.4, -0.2) is 23.0 Å². The van der Waals surface area contributed by atoms with E-state index in [9.17, 15) is 4.79 Å². The first-order valence-electron chi connectivity index (χ1n) is 4.76. The molecular weight excluding hydrogens is 168 g/mol. The standard InChI is InChI=1S/C9H14N2O2/c1-8(12)11-9(13-7-10-11)5-3-2-4-6-9/h7H,2-6H2,1H3. The average molecular weight is 182 g/mol. The van der Waals surface area contributed by atoms with E-state index in [-0.39, 0.29) is 5.91 Å². The van der Waals surface area contributed by atoms with Crippen molar-refractivity contribution in [2.75, 3.05) is 0 Å². The van der Waals surface area contributed by atoms with Crippen molar-refractivity contribution in [3.05, 3.63) is 0 Å². The molecular formula is C9H14N2O2. The highest BCUT2D eigenvalue weighted by atomic mass is 16.5. The van der Waals surface area contributed by atoms with E-state index >= 15 is 0 Å². The molecule has 1 aliphatic heterocycles. The molecule has 1 fully saturated rings. The van der Waals surface area contributed by atoms with Gasteiger partial charge in [0.1, 0.15) is 0 Å². The van der Waals surface area contributed by atoms with Gasteiger partial charge in [-0.05, 0) is 12.8 Å². The second-order valence-corrected chi connectivity index (χ2v) is 3.68. The van der Waals surface area contributed by atoms with Gasteiger partial charge in [-0.3, -0.25) is 4.79 Å². The van der Waals surface area contributed by atoms with E-state index in [0.717, 1.165) is 25.7 Å². The lowest BCUT2D eigenvalue weighted by atomic mass is 9.91. The van der Waals surface area contributed by atoms with Crippen LogP contribution < -0.4 is 0 Å². The maximum absolute atomic E-state index is 11.3. The Labute approximate surface area is 77.5 Å². The molecule has 0 unspecified atom stereocenters. The van der Waals surface area contributed by atoms with E-state index in [1.54, 1.807) is 0 Å². The van der Waals surface area contributed by atoms with Crippen LogP contribution in [0.1, 0.15) is 39.0 Å². The highest BCUT2D eigenvalue weighted by Crippen LogP contribution is 2.36. The summed E-state index contributed by atoms with van der Waals surface area (Å²) < 4.78 is 5.47. The van der Waals surface area contributed by atoms with Crippen LogP contribution in [0.2, 0.25) is 0 Å². The van der Waals surface area contributed by atoms with Crippen molar-refractivity contribution in [3.63, 3.8) is 0 Å². The van der Waals surface area contributed by atoms with Crippen LogP contribution in [0.4, 0.5) is 0 Å². The van der Waals surface area contributed by atoms with Gasteiger partial charge in [-0.1, -0.05) is 6.42 Å². The minimum Gasteiger partial charge on any atom is -0.454 e. The predicted octanol–water partition coefficient (Wildman–Crippen LogP) is 1.47. The van der Waals surface area contributed by atoms with Crippen molar-refractivity contribution in [1.29, 1.82) is 0 Å². The van der Waals surface area contributed by atoms with Gasteiger partial charge in [0.25, 0.3) is 0 Å². The van der Waals surface area contributed by atoms with E-state index in [1.807, 2.05) is 0 Å². The number of carbonyl (C=O) groups is 1. The number of amides is 1. The maximum Gasteiger partial charge on any atom is 0.243 e. The van der Waals surface area contributed by atoms with Gasteiger partial charge in [0, 0.05) is 19.8 Å². The van der Waals surface area contributed by atoms with Crippen LogP contribution >= 0.6 is 0 Å². The Hall–Kier alpha value is -1.06. The Morgan fingerprint density at radius 1 is 1.46 bits per heavy atom. The first kappa shape index (κ1) is 8.53. The van der Waals surface area contributed by atoms with Crippen molar-refractivity contribution < 1.29 is 9.53 Å². The molecule has 0 aromatic heterocycles. The lowest BCUT2D eigenvalue weighted by Crippen LogP contribution is -2.47. The summed E-state index contributed by atoms with van der Waals surface area (Å²) in [6, 6.07) is 0. The molecule has 4 heteroatoms. The quantitative estimate of drug-likeness (QED) is 0.569. The highest BCUT2D eigenvalue weighted by molar-refractivity contribution is 5.75. The van der Waals surface area contributed by atoms with E-state index in [1.165, 1.54) is 24.8 Å². The fourth-order valence-electron chi connectivity index (χ4n) is 2.13. The molecule has 1 amide bonds. The summed E-state index contributed by atoms with van der Waals surface area (Å²) in [6.07, 6.45) is 6.68. The van der Waals surface area contributed by atoms with Crippen molar-refractivity contribution >= 4 is 12.3 Å². The zero-order valence-electron chi connectivity index (χ0n) is 7.82. The molecule has 0 aromatic rings.